The van der Waals surface area contributed by atoms with Gasteiger partial charge in [-0.15, -0.1) is 0 Å². The highest BCUT2D eigenvalue weighted by molar-refractivity contribution is 5.91. The number of carbonyl (C=O) groups excluding carboxylic acids is 1. The lowest BCUT2D eigenvalue weighted by atomic mass is 9.64. The molecular formula is C13H24O2. The smallest absolute Gasteiger partial charge is 0.143 e. The minimum atomic E-state index is -0.176. The van der Waals surface area contributed by atoms with Gasteiger partial charge < -0.3 is 4.74 Å². The molecule has 15 heavy (non-hydrogen) atoms. The zero-order valence-electron chi connectivity index (χ0n) is 10.3. The first-order chi connectivity index (χ1) is 7.15. The van der Waals surface area contributed by atoms with Gasteiger partial charge in [-0.1, -0.05) is 40.0 Å². The Kier molecular flexibility index (Phi) is 4.78. The van der Waals surface area contributed by atoms with Crippen LogP contribution in [-0.4, -0.2) is 18.5 Å². The summed E-state index contributed by atoms with van der Waals surface area (Å²) in [4.78, 5) is 11.4. The summed E-state index contributed by atoms with van der Waals surface area (Å²) in [5.41, 5.74) is -0.176. The van der Waals surface area contributed by atoms with E-state index >= 15 is 0 Å². The van der Waals surface area contributed by atoms with E-state index in [1.54, 1.807) is 0 Å². The Balaban J connectivity index is 2.15. The number of Topliss-reactive ketones (excluding diaryl/α,β-unsaturated/α-hetero) is 1. The van der Waals surface area contributed by atoms with Gasteiger partial charge in [-0.3, -0.25) is 4.79 Å². The normalized spacial score (nSPS) is 30.3. The maximum atomic E-state index is 11.4. The Labute approximate surface area is 93.4 Å². The fourth-order valence-electron chi connectivity index (χ4n) is 2.10. The van der Waals surface area contributed by atoms with E-state index in [1.165, 1.54) is 19.3 Å². The highest BCUT2D eigenvalue weighted by atomic mass is 16.5. The Morgan fingerprint density at radius 2 is 2.07 bits per heavy atom. The standard InChI is InChI=1S/C13H24O2/c1-4-6-7-8-9-15-12-10-11(14)13(12,3)5-2/h12H,4-10H2,1-3H3. The summed E-state index contributed by atoms with van der Waals surface area (Å²) in [7, 11) is 0. The van der Waals surface area contributed by atoms with Gasteiger partial charge in [-0.05, 0) is 12.8 Å². The van der Waals surface area contributed by atoms with Crippen LogP contribution in [0.3, 0.4) is 0 Å². The second kappa shape index (κ2) is 5.64. The summed E-state index contributed by atoms with van der Waals surface area (Å²) in [5, 5.41) is 0. The molecule has 1 aliphatic carbocycles. The summed E-state index contributed by atoms with van der Waals surface area (Å²) in [6.45, 7) is 7.15. The van der Waals surface area contributed by atoms with Crippen LogP contribution in [0.25, 0.3) is 0 Å². The summed E-state index contributed by atoms with van der Waals surface area (Å²) in [6.07, 6.45) is 6.67. The number of hydrogen-bond acceptors (Lipinski definition) is 2. The third-order valence-electron chi connectivity index (χ3n) is 3.77. The lowest BCUT2D eigenvalue weighted by Gasteiger charge is -2.44. The molecule has 1 aliphatic rings. The van der Waals surface area contributed by atoms with Crippen molar-refractivity contribution in [3.8, 4) is 0 Å². The molecule has 2 heteroatoms. The maximum Gasteiger partial charge on any atom is 0.143 e. The number of rotatable bonds is 7. The van der Waals surface area contributed by atoms with E-state index < -0.39 is 0 Å². The first-order valence-corrected chi connectivity index (χ1v) is 6.30. The summed E-state index contributed by atoms with van der Waals surface area (Å²) >= 11 is 0. The first-order valence-electron chi connectivity index (χ1n) is 6.30. The third-order valence-corrected chi connectivity index (χ3v) is 3.77. The molecule has 1 rings (SSSR count). The monoisotopic (exact) mass is 212 g/mol. The van der Waals surface area contributed by atoms with Crippen molar-refractivity contribution >= 4 is 5.78 Å². The molecule has 0 bridgehead atoms. The molecule has 0 aromatic heterocycles. The van der Waals surface area contributed by atoms with Crippen LogP contribution in [0.1, 0.15) is 59.3 Å². The number of hydrogen-bond donors (Lipinski definition) is 0. The second-order valence-corrected chi connectivity index (χ2v) is 4.82. The van der Waals surface area contributed by atoms with Crippen LogP contribution < -0.4 is 0 Å². The predicted octanol–water partition coefficient (Wildman–Crippen LogP) is 3.34. The van der Waals surface area contributed by atoms with Crippen LogP contribution in [0.15, 0.2) is 0 Å². The number of unbranched alkanes of at least 4 members (excludes halogenated alkanes) is 3. The quantitative estimate of drug-likeness (QED) is 0.605. The van der Waals surface area contributed by atoms with Crippen molar-refractivity contribution in [2.75, 3.05) is 6.61 Å². The second-order valence-electron chi connectivity index (χ2n) is 4.82. The van der Waals surface area contributed by atoms with E-state index in [0.717, 1.165) is 19.4 Å². The first kappa shape index (κ1) is 12.7. The van der Waals surface area contributed by atoms with Crippen LogP contribution >= 0.6 is 0 Å². The molecule has 0 aliphatic heterocycles. The molecule has 2 atom stereocenters. The molecule has 0 spiro atoms. The summed E-state index contributed by atoms with van der Waals surface area (Å²) in [5.74, 6) is 0.378. The Hall–Kier alpha value is -0.370. The van der Waals surface area contributed by atoms with Crippen molar-refractivity contribution in [2.24, 2.45) is 5.41 Å². The number of ketones is 1. The van der Waals surface area contributed by atoms with Crippen LogP contribution in [0.5, 0.6) is 0 Å². The van der Waals surface area contributed by atoms with Gasteiger partial charge in [0, 0.05) is 13.0 Å². The van der Waals surface area contributed by atoms with Crippen molar-refractivity contribution < 1.29 is 9.53 Å². The van der Waals surface area contributed by atoms with Gasteiger partial charge in [0.25, 0.3) is 0 Å². The zero-order chi connectivity index (χ0) is 11.3. The molecule has 0 N–H and O–H groups in total. The van der Waals surface area contributed by atoms with Crippen molar-refractivity contribution in [3.63, 3.8) is 0 Å². The van der Waals surface area contributed by atoms with Crippen LogP contribution in [0.4, 0.5) is 0 Å². The van der Waals surface area contributed by atoms with Crippen LogP contribution in [0, 0.1) is 5.41 Å². The Bertz CT molecular complexity index is 213. The molecule has 0 saturated heterocycles. The average Bonchev–Trinajstić information content (AvgIpc) is 2.26. The topological polar surface area (TPSA) is 26.3 Å². The van der Waals surface area contributed by atoms with E-state index in [2.05, 4.69) is 13.8 Å². The molecule has 1 fully saturated rings. The van der Waals surface area contributed by atoms with Crippen LogP contribution in [0.2, 0.25) is 0 Å². The Morgan fingerprint density at radius 1 is 1.33 bits per heavy atom. The SMILES string of the molecule is CCCCCCOC1CC(=O)C1(C)CC. The molecule has 88 valence electrons. The highest BCUT2D eigenvalue weighted by Crippen LogP contribution is 2.42. The molecule has 2 nitrogen and oxygen atoms in total. The predicted molar refractivity (Wildman–Crippen MR) is 61.9 cm³/mol. The molecule has 0 aromatic rings. The van der Waals surface area contributed by atoms with E-state index in [4.69, 9.17) is 4.74 Å². The van der Waals surface area contributed by atoms with Gasteiger partial charge in [0.05, 0.1) is 11.5 Å². The third kappa shape index (κ3) is 2.81. The minimum absolute atomic E-state index is 0.176. The van der Waals surface area contributed by atoms with Gasteiger partial charge >= 0.3 is 0 Å². The van der Waals surface area contributed by atoms with E-state index in [-0.39, 0.29) is 11.5 Å². The van der Waals surface area contributed by atoms with Crippen molar-refractivity contribution in [1.29, 1.82) is 0 Å². The molecule has 0 aromatic carbocycles. The molecule has 0 radical (unpaired) electrons. The summed E-state index contributed by atoms with van der Waals surface area (Å²) < 4.78 is 5.78. The lowest BCUT2D eigenvalue weighted by Crippen LogP contribution is -2.53. The van der Waals surface area contributed by atoms with Gasteiger partial charge in [0.2, 0.25) is 0 Å². The number of carbonyl (C=O) groups is 1. The van der Waals surface area contributed by atoms with Crippen molar-refractivity contribution in [1.82, 2.24) is 0 Å². The minimum Gasteiger partial charge on any atom is -0.377 e. The van der Waals surface area contributed by atoms with Crippen LogP contribution in [-0.2, 0) is 9.53 Å². The van der Waals surface area contributed by atoms with Gasteiger partial charge in [0.1, 0.15) is 5.78 Å². The molecule has 1 saturated carbocycles. The largest absolute Gasteiger partial charge is 0.377 e. The fourth-order valence-corrected chi connectivity index (χ4v) is 2.10. The van der Waals surface area contributed by atoms with E-state index in [1.807, 2.05) is 6.92 Å². The maximum absolute atomic E-state index is 11.4. The molecular weight excluding hydrogens is 188 g/mol. The lowest BCUT2D eigenvalue weighted by molar-refractivity contribution is -0.161. The van der Waals surface area contributed by atoms with E-state index in [9.17, 15) is 4.79 Å². The van der Waals surface area contributed by atoms with E-state index in [0.29, 0.717) is 12.2 Å². The van der Waals surface area contributed by atoms with Crippen molar-refractivity contribution in [3.05, 3.63) is 0 Å². The highest BCUT2D eigenvalue weighted by Gasteiger charge is 2.50. The van der Waals surface area contributed by atoms with Gasteiger partial charge in [0.15, 0.2) is 0 Å². The van der Waals surface area contributed by atoms with Gasteiger partial charge in [-0.25, -0.2) is 0 Å². The summed E-state index contributed by atoms with van der Waals surface area (Å²) in [6, 6.07) is 0. The molecule has 2 unspecified atom stereocenters. The number of ether oxygens (including phenoxy) is 1. The zero-order valence-corrected chi connectivity index (χ0v) is 10.3. The van der Waals surface area contributed by atoms with Crippen molar-refractivity contribution in [2.45, 2.75) is 65.4 Å². The average molecular weight is 212 g/mol. The molecule has 0 amide bonds. The Morgan fingerprint density at radius 3 is 2.60 bits per heavy atom. The molecule has 0 heterocycles. The van der Waals surface area contributed by atoms with Gasteiger partial charge in [-0.2, -0.15) is 0 Å². The fraction of sp³-hybridized carbons (Fsp3) is 0.923.